The van der Waals surface area contributed by atoms with E-state index in [1.807, 2.05) is 86.3 Å². The number of nitrogens with zero attached hydrogens (tertiary/aromatic N) is 1. The highest BCUT2D eigenvalue weighted by molar-refractivity contribution is 5.89. The van der Waals surface area contributed by atoms with Crippen LogP contribution in [-0.2, 0) is 14.3 Å². The molecular weight excluding hydrogens is 364 g/mol. The second-order valence-corrected chi connectivity index (χ2v) is 8.10. The van der Waals surface area contributed by atoms with Gasteiger partial charge in [0.15, 0.2) is 0 Å². The Hall–Kier alpha value is -2.66. The maximum atomic E-state index is 13.5. The third-order valence-corrected chi connectivity index (χ3v) is 5.02. The number of rotatable bonds is 6. The fraction of sp³-hybridized carbons (Fsp3) is 0.417. The molecule has 0 aliphatic carbocycles. The van der Waals surface area contributed by atoms with Crippen LogP contribution < -0.4 is 5.32 Å². The summed E-state index contributed by atoms with van der Waals surface area (Å²) < 4.78 is 6.09. The summed E-state index contributed by atoms with van der Waals surface area (Å²) in [5.41, 5.74) is 1.85. The Kier molecular flexibility index (Phi) is 7.04. The number of benzene rings is 2. The number of hydrogen-bond acceptors (Lipinski definition) is 3. The zero-order valence-corrected chi connectivity index (χ0v) is 17.4. The normalized spacial score (nSPS) is 20.3. The van der Waals surface area contributed by atoms with Crippen molar-refractivity contribution in [2.24, 2.45) is 5.92 Å². The highest BCUT2D eigenvalue weighted by Gasteiger charge is 2.34. The van der Waals surface area contributed by atoms with E-state index in [2.05, 4.69) is 5.32 Å². The van der Waals surface area contributed by atoms with Crippen LogP contribution in [0.2, 0.25) is 0 Å². The maximum Gasteiger partial charge on any atom is 0.249 e. The molecule has 29 heavy (non-hydrogen) atoms. The molecule has 3 unspecified atom stereocenters. The summed E-state index contributed by atoms with van der Waals surface area (Å²) in [6.45, 7) is 6.94. The first kappa shape index (κ1) is 21.1. The molecular formula is C24H30N2O3. The Morgan fingerprint density at radius 1 is 1.03 bits per heavy atom. The van der Waals surface area contributed by atoms with E-state index >= 15 is 0 Å². The number of nitrogens with one attached hydrogen (secondary N) is 1. The van der Waals surface area contributed by atoms with Gasteiger partial charge >= 0.3 is 0 Å². The van der Waals surface area contributed by atoms with E-state index < -0.39 is 6.04 Å². The van der Waals surface area contributed by atoms with E-state index in [4.69, 9.17) is 4.74 Å². The van der Waals surface area contributed by atoms with Crippen LogP contribution in [0.1, 0.15) is 50.5 Å². The zero-order valence-electron chi connectivity index (χ0n) is 17.4. The van der Waals surface area contributed by atoms with Crippen molar-refractivity contribution in [1.82, 2.24) is 10.2 Å². The van der Waals surface area contributed by atoms with Gasteiger partial charge in [-0.3, -0.25) is 9.59 Å². The third kappa shape index (κ3) is 5.67. The lowest BCUT2D eigenvalue weighted by Crippen LogP contribution is -2.50. The van der Waals surface area contributed by atoms with Crippen molar-refractivity contribution in [3.8, 4) is 0 Å². The lowest BCUT2D eigenvalue weighted by molar-refractivity contribution is -0.148. The van der Waals surface area contributed by atoms with Gasteiger partial charge < -0.3 is 15.0 Å². The van der Waals surface area contributed by atoms with E-state index in [9.17, 15) is 9.59 Å². The van der Waals surface area contributed by atoms with Crippen LogP contribution >= 0.6 is 0 Å². The fourth-order valence-electron chi connectivity index (χ4n) is 3.69. The Morgan fingerprint density at radius 2 is 1.66 bits per heavy atom. The monoisotopic (exact) mass is 394 g/mol. The topological polar surface area (TPSA) is 58.6 Å². The quantitative estimate of drug-likeness (QED) is 0.809. The lowest BCUT2D eigenvalue weighted by Gasteiger charge is -2.38. The highest BCUT2D eigenvalue weighted by atomic mass is 16.5. The first-order valence-electron chi connectivity index (χ1n) is 10.3. The number of hydrogen-bond donors (Lipinski definition) is 1. The minimum absolute atomic E-state index is 0.0827. The third-order valence-electron chi connectivity index (χ3n) is 5.02. The molecule has 0 saturated carbocycles. The summed E-state index contributed by atoms with van der Waals surface area (Å²) in [4.78, 5) is 27.8. The smallest absolute Gasteiger partial charge is 0.249 e. The SMILES string of the molecule is CC(C)CC(=O)NC(C(=O)N1CC(C)OC(c2ccccc2)C1)c1ccccc1. The van der Waals surface area contributed by atoms with Gasteiger partial charge in [0.1, 0.15) is 12.1 Å². The minimum atomic E-state index is -0.691. The van der Waals surface area contributed by atoms with E-state index in [0.29, 0.717) is 19.5 Å². The van der Waals surface area contributed by atoms with Crippen LogP contribution in [0.4, 0.5) is 0 Å². The second-order valence-electron chi connectivity index (χ2n) is 8.10. The van der Waals surface area contributed by atoms with Crippen LogP contribution in [0, 0.1) is 5.92 Å². The van der Waals surface area contributed by atoms with Crippen LogP contribution in [0.15, 0.2) is 60.7 Å². The van der Waals surface area contributed by atoms with Crippen LogP contribution in [-0.4, -0.2) is 35.9 Å². The standard InChI is InChI=1S/C24H30N2O3/c1-17(2)14-22(27)25-23(20-12-8-5-9-13-20)24(28)26-15-18(3)29-21(16-26)19-10-6-4-7-11-19/h4-13,17-18,21,23H,14-16H2,1-3H3,(H,25,27). The van der Waals surface area contributed by atoms with E-state index in [-0.39, 0.29) is 29.9 Å². The van der Waals surface area contributed by atoms with Gasteiger partial charge in [-0.05, 0) is 24.0 Å². The molecule has 154 valence electrons. The van der Waals surface area contributed by atoms with E-state index in [1.54, 1.807) is 0 Å². The average Bonchev–Trinajstić information content (AvgIpc) is 2.72. The fourth-order valence-corrected chi connectivity index (χ4v) is 3.69. The molecule has 1 saturated heterocycles. The van der Waals surface area contributed by atoms with Crippen molar-refractivity contribution in [3.63, 3.8) is 0 Å². The summed E-state index contributed by atoms with van der Waals surface area (Å²) in [6, 6.07) is 18.7. The Bertz CT molecular complexity index is 807. The highest BCUT2D eigenvalue weighted by Crippen LogP contribution is 2.27. The molecule has 1 heterocycles. The molecule has 2 aromatic carbocycles. The van der Waals surface area contributed by atoms with Crippen LogP contribution in [0.5, 0.6) is 0 Å². The van der Waals surface area contributed by atoms with Crippen LogP contribution in [0.3, 0.4) is 0 Å². The summed E-state index contributed by atoms with van der Waals surface area (Å²) in [5.74, 6) is 0.0277. The number of amides is 2. The number of carbonyl (C=O) groups is 2. The molecule has 0 radical (unpaired) electrons. The van der Waals surface area contributed by atoms with E-state index in [1.165, 1.54) is 0 Å². The summed E-state index contributed by atoms with van der Waals surface area (Å²) >= 11 is 0. The van der Waals surface area contributed by atoms with Gasteiger partial charge in [0, 0.05) is 13.0 Å². The van der Waals surface area contributed by atoms with Crippen molar-refractivity contribution in [2.75, 3.05) is 13.1 Å². The van der Waals surface area contributed by atoms with Gasteiger partial charge in [-0.15, -0.1) is 0 Å². The largest absolute Gasteiger partial charge is 0.367 e. The first-order chi connectivity index (χ1) is 13.9. The Morgan fingerprint density at radius 3 is 2.28 bits per heavy atom. The predicted molar refractivity (Wildman–Crippen MR) is 113 cm³/mol. The molecule has 2 aromatic rings. The molecule has 3 atom stereocenters. The van der Waals surface area contributed by atoms with Crippen molar-refractivity contribution < 1.29 is 14.3 Å². The lowest BCUT2D eigenvalue weighted by atomic mass is 10.0. The van der Waals surface area contributed by atoms with Gasteiger partial charge in [-0.2, -0.15) is 0 Å². The summed E-state index contributed by atoms with van der Waals surface area (Å²) in [7, 11) is 0. The van der Waals surface area contributed by atoms with Crippen molar-refractivity contribution in [1.29, 1.82) is 0 Å². The van der Waals surface area contributed by atoms with Crippen molar-refractivity contribution in [3.05, 3.63) is 71.8 Å². The molecule has 5 nitrogen and oxygen atoms in total. The van der Waals surface area contributed by atoms with Crippen molar-refractivity contribution in [2.45, 2.75) is 45.4 Å². The predicted octanol–water partition coefficient (Wildman–Crippen LogP) is 3.88. The molecule has 2 amide bonds. The molecule has 5 heteroatoms. The molecule has 0 bridgehead atoms. The molecule has 1 N–H and O–H groups in total. The Labute approximate surface area is 173 Å². The van der Waals surface area contributed by atoms with Gasteiger partial charge in [0.25, 0.3) is 0 Å². The van der Waals surface area contributed by atoms with Crippen molar-refractivity contribution >= 4 is 11.8 Å². The molecule has 1 fully saturated rings. The Balaban J connectivity index is 1.81. The van der Waals surface area contributed by atoms with Gasteiger partial charge in [0.2, 0.25) is 11.8 Å². The van der Waals surface area contributed by atoms with Gasteiger partial charge in [-0.1, -0.05) is 74.5 Å². The van der Waals surface area contributed by atoms with E-state index in [0.717, 1.165) is 11.1 Å². The summed E-state index contributed by atoms with van der Waals surface area (Å²) in [5, 5.41) is 2.96. The molecule has 0 spiro atoms. The maximum absolute atomic E-state index is 13.5. The first-order valence-corrected chi connectivity index (χ1v) is 10.3. The van der Waals surface area contributed by atoms with Gasteiger partial charge in [-0.25, -0.2) is 0 Å². The number of ether oxygens (including phenoxy) is 1. The second kappa shape index (κ2) is 9.70. The number of morpholine rings is 1. The zero-order chi connectivity index (χ0) is 20.8. The number of carbonyl (C=O) groups excluding carboxylic acids is 2. The molecule has 1 aliphatic rings. The molecule has 3 rings (SSSR count). The molecule has 0 aromatic heterocycles. The molecule has 1 aliphatic heterocycles. The van der Waals surface area contributed by atoms with Crippen LogP contribution in [0.25, 0.3) is 0 Å². The average molecular weight is 395 g/mol. The minimum Gasteiger partial charge on any atom is -0.367 e. The van der Waals surface area contributed by atoms with Gasteiger partial charge in [0.05, 0.1) is 12.6 Å². The summed E-state index contributed by atoms with van der Waals surface area (Å²) in [6.07, 6.45) is 0.135.